The van der Waals surface area contributed by atoms with Gasteiger partial charge < -0.3 is 19.9 Å². The van der Waals surface area contributed by atoms with E-state index in [1.807, 2.05) is 31.2 Å². The summed E-state index contributed by atoms with van der Waals surface area (Å²) in [5, 5.41) is 14.3. The maximum atomic E-state index is 16.2. The molecule has 8 heteroatoms. The summed E-state index contributed by atoms with van der Waals surface area (Å²) < 4.78 is 42.0. The van der Waals surface area contributed by atoms with E-state index in [9.17, 15) is 14.3 Å². The normalized spacial score (nSPS) is 17.1. The zero-order valence-corrected chi connectivity index (χ0v) is 24.9. The standard InChI is InChI=1S/C36H34F2N2O4/c1-22-8-4-5-10-24(22)17-32(42)40-30-12-7-13-31(41)33(30)39-29-19-36(2,3)21-44-35(29)34(40)27-15-14-26(18-28(27)38)43-20-23-9-6-11-25(37)16-23/h4-16,18,34,39,41H,17,19-21H2,1-3H3. The van der Waals surface area contributed by atoms with Gasteiger partial charge in [0.1, 0.15) is 47.2 Å². The number of nitrogens with one attached hydrogen (secondary N) is 1. The number of hydrogen-bond donors (Lipinski definition) is 2. The molecule has 2 aliphatic rings. The van der Waals surface area contributed by atoms with Gasteiger partial charge in [0.2, 0.25) is 5.91 Å². The van der Waals surface area contributed by atoms with Crippen molar-refractivity contribution in [1.29, 1.82) is 0 Å². The molecule has 0 saturated heterocycles. The molecule has 0 aromatic heterocycles. The summed E-state index contributed by atoms with van der Waals surface area (Å²) in [4.78, 5) is 15.9. The van der Waals surface area contributed by atoms with E-state index in [0.717, 1.165) is 11.1 Å². The molecule has 2 aliphatic heterocycles. The lowest BCUT2D eigenvalue weighted by molar-refractivity contribution is -0.118. The predicted octanol–water partition coefficient (Wildman–Crippen LogP) is 7.96. The summed E-state index contributed by atoms with van der Waals surface area (Å²) in [5.74, 6) is -0.608. The van der Waals surface area contributed by atoms with Gasteiger partial charge in [-0.3, -0.25) is 9.69 Å². The summed E-state index contributed by atoms with van der Waals surface area (Å²) in [6.45, 7) is 6.50. The van der Waals surface area contributed by atoms with Crippen molar-refractivity contribution in [2.75, 3.05) is 16.8 Å². The summed E-state index contributed by atoms with van der Waals surface area (Å²) in [6.07, 6.45) is 0.617. The fourth-order valence-corrected chi connectivity index (χ4v) is 5.82. The highest BCUT2D eigenvalue weighted by Gasteiger charge is 2.42. The number of para-hydroxylation sites is 1. The fourth-order valence-electron chi connectivity index (χ4n) is 5.82. The highest BCUT2D eigenvalue weighted by atomic mass is 19.1. The Bertz CT molecular complexity index is 1770. The molecule has 0 spiro atoms. The summed E-state index contributed by atoms with van der Waals surface area (Å²) in [5.41, 5.74) is 3.83. The number of phenols is 1. The first-order valence-electron chi connectivity index (χ1n) is 14.6. The van der Waals surface area contributed by atoms with E-state index < -0.39 is 11.9 Å². The van der Waals surface area contributed by atoms with Crippen molar-refractivity contribution in [2.24, 2.45) is 5.41 Å². The Labute approximate surface area is 255 Å². The van der Waals surface area contributed by atoms with Crippen LogP contribution < -0.4 is 15.0 Å². The van der Waals surface area contributed by atoms with Crippen LogP contribution in [0.2, 0.25) is 0 Å². The van der Waals surface area contributed by atoms with Crippen LogP contribution in [0.5, 0.6) is 11.5 Å². The molecule has 0 fully saturated rings. The predicted molar refractivity (Wildman–Crippen MR) is 165 cm³/mol. The lowest BCUT2D eigenvalue weighted by atomic mass is 9.85. The summed E-state index contributed by atoms with van der Waals surface area (Å²) >= 11 is 0. The fraction of sp³-hybridized carbons (Fsp3) is 0.250. The molecule has 2 heterocycles. The third kappa shape index (κ3) is 5.84. The highest BCUT2D eigenvalue weighted by molar-refractivity contribution is 6.01. The van der Waals surface area contributed by atoms with Crippen molar-refractivity contribution in [3.05, 3.63) is 130 Å². The van der Waals surface area contributed by atoms with Crippen LogP contribution in [0.3, 0.4) is 0 Å². The van der Waals surface area contributed by atoms with Crippen molar-refractivity contribution in [2.45, 2.75) is 46.3 Å². The zero-order valence-electron chi connectivity index (χ0n) is 24.9. The van der Waals surface area contributed by atoms with Crippen molar-refractivity contribution in [1.82, 2.24) is 0 Å². The van der Waals surface area contributed by atoms with Crippen LogP contribution in [-0.4, -0.2) is 17.6 Å². The van der Waals surface area contributed by atoms with Gasteiger partial charge in [0.15, 0.2) is 0 Å². The van der Waals surface area contributed by atoms with Gasteiger partial charge in [0.25, 0.3) is 0 Å². The van der Waals surface area contributed by atoms with Crippen LogP contribution in [0, 0.1) is 24.0 Å². The number of phenolic OH excluding ortho intramolecular Hbond substituents is 1. The first-order chi connectivity index (χ1) is 21.1. The summed E-state index contributed by atoms with van der Waals surface area (Å²) in [7, 11) is 0. The number of anilines is 2. The maximum absolute atomic E-state index is 16.2. The van der Waals surface area contributed by atoms with Crippen molar-refractivity contribution < 1.29 is 28.2 Å². The SMILES string of the molecule is Cc1ccccc1CC(=O)N1c2cccc(O)c2NC2=C(OCC(C)(C)C2)C1c1ccc(OCc2cccc(F)c2)cc1F. The largest absolute Gasteiger partial charge is 0.506 e. The molecular weight excluding hydrogens is 562 g/mol. The Balaban J connectivity index is 1.45. The molecule has 0 radical (unpaired) electrons. The number of carbonyl (C=O) groups is 1. The second-order valence-electron chi connectivity index (χ2n) is 12.1. The van der Waals surface area contributed by atoms with E-state index in [1.54, 1.807) is 42.5 Å². The molecule has 4 aromatic rings. The number of carbonyl (C=O) groups excluding carboxylic acids is 1. The monoisotopic (exact) mass is 596 g/mol. The van der Waals surface area contributed by atoms with E-state index in [1.165, 1.54) is 23.1 Å². The summed E-state index contributed by atoms with van der Waals surface area (Å²) in [6, 6.07) is 22.2. The van der Waals surface area contributed by atoms with Gasteiger partial charge in [-0.1, -0.05) is 56.3 Å². The lowest BCUT2D eigenvalue weighted by Crippen LogP contribution is -2.39. The molecule has 6 rings (SSSR count). The average molecular weight is 597 g/mol. The van der Waals surface area contributed by atoms with Gasteiger partial charge in [-0.15, -0.1) is 0 Å². The van der Waals surface area contributed by atoms with Crippen LogP contribution in [0.25, 0.3) is 0 Å². The zero-order chi connectivity index (χ0) is 31.0. The van der Waals surface area contributed by atoms with Crippen molar-refractivity contribution in [3.63, 3.8) is 0 Å². The molecule has 6 nitrogen and oxygen atoms in total. The highest BCUT2D eigenvalue weighted by Crippen LogP contribution is 2.50. The molecule has 0 bridgehead atoms. The first kappa shape index (κ1) is 29.2. The smallest absolute Gasteiger partial charge is 0.232 e. The molecule has 1 unspecified atom stereocenters. The number of aryl methyl sites for hydroxylation is 1. The van der Waals surface area contributed by atoms with Gasteiger partial charge in [0, 0.05) is 17.0 Å². The average Bonchev–Trinajstić information content (AvgIpc) is 3.12. The molecule has 0 aliphatic carbocycles. The van der Waals surface area contributed by atoms with Crippen LogP contribution in [-0.2, 0) is 22.6 Å². The number of halogens is 2. The van der Waals surface area contributed by atoms with Crippen LogP contribution in [0.4, 0.5) is 20.2 Å². The second kappa shape index (κ2) is 11.7. The molecule has 0 saturated carbocycles. The van der Waals surface area contributed by atoms with E-state index in [2.05, 4.69) is 19.2 Å². The van der Waals surface area contributed by atoms with Crippen LogP contribution in [0.1, 0.15) is 48.6 Å². The van der Waals surface area contributed by atoms with E-state index in [0.29, 0.717) is 41.4 Å². The number of rotatable bonds is 6. The van der Waals surface area contributed by atoms with Gasteiger partial charge >= 0.3 is 0 Å². The van der Waals surface area contributed by atoms with Crippen molar-refractivity contribution >= 4 is 17.3 Å². The number of amides is 1. The third-order valence-electron chi connectivity index (χ3n) is 8.07. The van der Waals surface area contributed by atoms with Gasteiger partial charge in [0.05, 0.1) is 24.4 Å². The Kier molecular flexibility index (Phi) is 7.76. The van der Waals surface area contributed by atoms with Gasteiger partial charge in [-0.05, 0) is 66.4 Å². The molecule has 2 N–H and O–H groups in total. The molecule has 44 heavy (non-hydrogen) atoms. The number of nitrogens with zero attached hydrogens (tertiary/aromatic N) is 1. The minimum Gasteiger partial charge on any atom is -0.506 e. The maximum Gasteiger partial charge on any atom is 0.232 e. The van der Waals surface area contributed by atoms with Gasteiger partial charge in [-0.25, -0.2) is 8.78 Å². The number of ether oxygens (including phenoxy) is 2. The minimum atomic E-state index is -0.967. The Morgan fingerprint density at radius 2 is 1.84 bits per heavy atom. The van der Waals surface area contributed by atoms with E-state index in [-0.39, 0.29) is 47.2 Å². The Morgan fingerprint density at radius 3 is 2.61 bits per heavy atom. The van der Waals surface area contributed by atoms with Crippen LogP contribution in [0.15, 0.2) is 96.4 Å². The topological polar surface area (TPSA) is 71.0 Å². The third-order valence-corrected chi connectivity index (χ3v) is 8.07. The number of aromatic hydroxyl groups is 1. The lowest BCUT2D eigenvalue weighted by Gasteiger charge is -2.38. The molecule has 4 aromatic carbocycles. The molecule has 226 valence electrons. The number of fused-ring (bicyclic) bond motifs is 1. The van der Waals surface area contributed by atoms with Crippen LogP contribution >= 0.6 is 0 Å². The van der Waals surface area contributed by atoms with Gasteiger partial charge in [-0.2, -0.15) is 0 Å². The van der Waals surface area contributed by atoms with E-state index >= 15 is 4.39 Å². The first-order valence-corrected chi connectivity index (χ1v) is 14.6. The molecular formula is C36H34F2N2O4. The second-order valence-corrected chi connectivity index (χ2v) is 12.1. The Hall–Kier alpha value is -4.85. The number of hydrogen-bond acceptors (Lipinski definition) is 5. The minimum absolute atomic E-state index is 0.0337. The molecule has 1 amide bonds. The van der Waals surface area contributed by atoms with Crippen molar-refractivity contribution in [3.8, 4) is 11.5 Å². The number of allylic oxidation sites excluding steroid dienone is 1. The quantitative estimate of drug-likeness (QED) is 0.221. The molecule has 1 atom stereocenters. The Morgan fingerprint density at radius 1 is 1.05 bits per heavy atom. The van der Waals surface area contributed by atoms with E-state index in [4.69, 9.17) is 9.47 Å². The number of benzene rings is 4.